The molecule has 1 heterocycles. The molecule has 0 fully saturated rings. The van der Waals surface area contributed by atoms with Gasteiger partial charge in [0.15, 0.2) is 0 Å². The number of halogens is 3. The zero-order valence-electron chi connectivity index (χ0n) is 10.7. The van der Waals surface area contributed by atoms with Crippen LogP contribution in [0.2, 0.25) is 0 Å². The third-order valence-corrected chi connectivity index (χ3v) is 3.25. The molecule has 0 saturated heterocycles. The van der Waals surface area contributed by atoms with E-state index in [4.69, 9.17) is 0 Å². The Morgan fingerprint density at radius 3 is 2.35 bits per heavy atom. The molecule has 2 aromatic rings. The Morgan fingerprint density at radius 2 is 1.85 bits per heavy atom. The van der Waals surface area contributed by atoms with Gasteiger partial charge < -0.3 is 10.1 Å². The van der Waals surface area contributed by atoms with Crippen LogP contribution >= 0.6 is 11.3 Å². The van der Waals surface area contributed by atoms with Crippen molar-refractivity contribution in [3.63, 3.8) is 0 Å². The Kier molecular flexibility index (Phi) is 4.12. The molecule has 2 rings (SSSR count). The van der Waals surface area contributed by atoms with Crippen LogP contribution in [0.3, 0.4) is 0 Å². The number of benzene rings is 1. The summed E-state index contributed by atoms with van der Waals surface area (Å²) in [6, 6.07) is 5.63. The summed E-state index contributed by atoms with van der Waals surface area (Å²) in [4.78, 5) is 0. The molecule has 108 valence electrons. The van der Waals surface area contributed by atoms with Crippen LogP contribution in [0.1, 0.15) is 23.5 Å². The molecule has 0 spiro atoms. The van der Waals surface area contributed by atoms with Gasteiger partial charge in [-0.05, 0) is 31.5 Å². The molecule has 4 nitrogen and oxygen atoms in total. The summed E-state index contributed by atoms with van der Waals surface area (Å²) < 4.78 is 39.9. The van der Waals surface area contributed by atoms with E-state index in [1.807, 2.05) is 13.8 Å². The van der Waals surface area contributed by atoms with Crippen molar-refractivity contribution in [2.75, 3.05) is 5.32 Å². The van der Waals surface area contributed by atoms with Crippen molar-refractivity contribution in [2.24, 2.45) is 0 Å². The summed E-state index contributed by atoms with van der Waals surface area (Å²) in [5.41, 5.74) is 0.826. The number of aromatic nitrogens is 2. The summed E-state index contributed by atoms with van der Waals surface area (Å²) in [5, 5.41) is 12.5. The minimum atomic E-state index is -4.67. The summed E-state index contributed by atoms with van der Waals surface area (Å²) in [6.07, 6.45) is -4.67. The molecule has 0 saturated carbocycles. The lowest BCUT2D eigenvalue weighted by atomic mass is 10.1. The number of anilines is 1. The third-order valence-electron chi connectivity index (χ3n) is 2.48. The van der Waals surface area contributed by atoms with E-state index >= 15 is 0 Å². The Labute approximate surface area is 117 Å². The van der Waals surface area contributed by atoms with Gasteiger partial charge in [-0.3, -0.25) is 0 Å². The lowest BCUT2D eigenvalue weighted by Crippen LogP contribution is -2.17. The van der Waals surface area contributed by atoms with Gasteiger partial charge in [-0.25, -0.2) is 0 Å². The number of nitrogens with one attached hydrogen (secondary N) is 1. The number of ether oxygens (including phenoxy) is 1. The zero-order valence-corrected chi connectivity index (χ0v) is 11.5. The molecule has 0 amide bonds. The fourth-order valence-electron chi connectivity index (χ4n) is 1.58. The molecule has 1 aromatic heterocycles. The molecular weight excluding hydrogens is 291 g/mol. The molecule has 20 heavy (non-hydrogen) atoms. The highest BCUT2D eigenvalue weighted by Gasteiger charge is 2.31. The minimum Gasteiger partial charge on any atom is -0.406 e. The van der Waals surface area contributed by atoms with Gasteiger partial charge >= 0.3 is 6.36 Å². The maximum atomic E-state index is 12.0. The van der Waals surface area contributed by atoms with Gasteiger partial charge in [-0.1, -0.05) is 23.5 Å². The second-order valence-corrected chi connectivity index (χ2v) is 5.29. The molecule has 1 N–H and O–H groups in total. The lowest BCUT2D eigenvalue weighted by Gasteiger charge is -2.14. The predicted molar refractivity (Wildman–Crippen MR) is 69.8 cm³/mol. The van der Waals surface area contributed by atoms with Crippen LogP contribution in [-0.2, 0) is 0 Å². The van der Waals surface area contributed by atoms with Crippen LogP contribution in [0.4, 0.5) is 18.3 Å². The first kappa shape index (κ1) is 14.6. The first-order chi connectivity index (χ1) is 9.33. The molecule has 0 aliphatic rings. The van der Waals surface area contributed by atoms with Crippen molar-refractivity contribution >= 4 is 16.5 Å². The maximum absolute atomic E-state index is 12.0. The Balaban J connectivity index is 2.02. The van der Waals surface area contributed by atoms with E-state index < -0.39 is 6.36 Å². The first-order valence-electron chi connectivity index (χ1n) is 5.76. The molecule has 0 aliphatic heterocycles. The quantitative estimate of drug-likeness (QED) is 0.930. The highest BCUT2D eigenvalue weighted by molar-refractivity contribution is 7.15. The van der Waals surface area contributed by atoms with Gasteiger partial charge in [-0.2, -0.15) is 0 Å². The van der Waals surface area contributed by atoms with Gasteiger partial charge in [-0.15, -0.1) is 23.4 Å². The molecule has 0 aliphatic carbocycles. The summed E-state index contributed by atoms with van der Waals surface area (Å²) >= 11 is 1.41. The average Bonchev–Trinajstić information content (AvgIpc) is 2.73. The Morgan fingerprint density at radius 1 is 1.20 bits per heavy atom. The van der Waals surface area contributed by atoms with Crippen molar-refractivity contribution in [3.8, 4) is 5.75 Å². The molecule has 1 atom stereocenters. The lowest BCUT2D eigenvalue weighted by molar-refractivity contribution is -0.274. The zero-order chi connectivity index (χ0) is 14.8. The summed E-state index contributed by atoms with van der Waals surface area (Å²) in [7, 11) is 0. The van der Waals surface area contributed by atoms with E-state index in [2.05, 4.69) is 20.3 Å². The van der Waals surface area contributed by atoms with E-state index in [-0.39, 0.29) is 11.8 Å². The number of hydrogen-bond acceptors (Lipinski definition) is 5. The van der Waals surface area contributed by atoms with Crippen molar-refractivity contribution in [3.05, 3.63) is 34.8 Å². The highest BCUT2D eigenvalue weighted by atomic mass is 32.1. The topological polar surface area (TPSA) is 47.0 Å². The fourth-order valence-corrected chi connectivity index (χ4v) is 2.26. The third kappa shape index (κ3) is 4.09. The van der Waals surface area contributed by atoms with Crippen molar-refractivity contribution in [1.82, 2.24) is 10.2 Å². The maximum Gasteiger partial charge on any atom is 0.573 e. The van der Waals surface area contributed by atoms with E-state index in [9.17, 15) is 13.2 Å². The van der Waals surface area contributed by atoms with Gasteiger partial charge in [0.05, 0.1) is 6.04 Å². The van der Waals surface area contributed by atoms with Crippen molar-refractivity contribution < 1.29 is 17.9 Å². The normalized spacial score (nSPS) is 13.1. The predicted octanol–water partition coefficient (Wildman–Crippen LogP) is 3.92. The van der Waals surface area contributed by atoms with Gasteiger partial charge in [0.1, 0.15) is 10.8 Å². The minimum absolute atomic E-state index is 0.0951. The van der Waals surface area contributed by atoms with E-state index in [1.54, 1.807) is 12.1 Å². The number of rotatable bonds is 4. The molecule has 0 bridgehead atoms. The number of aryl methyl sites for hydroxylation is 1. The van der Waals surface area contributed by atoms with Gasteiger partial charge in [0.2, 0.25) is 5.13 Å². The molecular formula is C12H12F3N3OS. The van der Waals surface area contributed by atoms with Gasteiger partial charge in [0, 0.05) is 0 Å². The second kappa shape index (κ2) is 5.66. The van der Waals surface area contributed by atoms with Crippen LogP contribution in [-0.4, -0.2) is 16.6 Å². The van der Waals surface area contributed by atoms with Crippen molar-refractivity contribution in [2.45, 2.75) is 26.3 Å². The molecule has 0 unspecified atom stereocenters. The van der Waals surface area contributed by atoms with Crippen LogP contribution in [0.25, 0.3) is 0 Å². The Hall–Kier alpha value is -1.83. The largest absolute Gasteiger partial charge is 0.573 e. The van der Waals surface area contributed by atoms with Crippen LogP contribution in [0.5, 0.6) is 5.75 Å². The van der Waals surface area contributed by atoms with Crippen LogP contribution < -0.4 is 10.1 Å². The van der Waals surface area contributed by atoms with Crippen molar-refractivity contribution in [1.29, 1.82) is 0 Å². The van der Waals surface area contributed by atoms with Crippen LogP contribution in [0.15, 0.2) is 24.3 Å². The SMILES string of the molecule is Cc1nnc(N[C@@H](C)c2ccc(OC(F)(F)F)cc2)s1. The number of alkyl halides is 3. The molecule has 0 radical (unpaired) electrons. The smallest absolute Gasteiger partial charge is 0.406 e. The standard InChI is InChI=1S/C12H12F3N3OS/c1-7(16-11-18-17-8(2)20-11)9-3-5-10(6-4-9)19-12(13,14)15/h3-7H,1-2H3,(H,16,18)/t7-/m0/s1. The van der Waals surface area contributed by atoms with Crippen LogP contribution in [0, 0.1) is 6.92 Å². The summed E-state index contributed by atoms with van der Waals surface area (Å²) in [5.74, 6) is -0.236. The molecule has 1 aromatic carbocycles. The first-order valence-corrected chi connectivity index (χ1v) is 6.57. The second-order valence-electron chi connectivity index (χ2n) is 4.11. The van der Waals surface area contributed by atoms with E-state index in [0.717, 1.165) is 10.6 Å². The number of hydrogen-bond donors (Lipinski definition) is 1. The average molecular weight is 303 g/mol. The van der Waals surface area contributed by atoms with E-state index in [0.29, 0.717) is 5.13 Å². The fraction of sp³-hybridized carbons (Fsp3) is 0.333. The highest BCUT2D eigenvalue weighted by Crippen LogP contribution is 2.26. The summed E-state index contributed by atoms with van der Waals surface area (Å²) in [6.45, 7) is 3.73. The van der Waals surface area contributed by atoms with Gasteiger partial charge in [0.25, 0.3) is 0 Å². The monoisotopic (exact) mass is 303 g/mol. The Bertz CT molecular complexity index is 568. The number of nitrogens with zero attached hydrogens (tertiary/aromatic N) is 2. The molecule has 8 heteroatoms. The van der Waals surface area contributed by atoms with E-state index in [1.165, 1.54) is 23.5 Å².